The summed E-state index contributed by atoms with van der Waals surface area (Å²) in [6.45, 7) is 7.18. The SMILES string of the molecule is C=CCN(c1cc([N+](=O)[O-])ccc1C)S(=O)(=O)c1ccc(C)cc1. The standard InChI is InChI=1S/C17H18N2O4S/c1-4-11-18(17-12-15(19(20)21)8-7-14(17)3)24(22,23)16-9-5-13(2)6-10-16/h4-10,12H,1,11H2,2-3H3. The van der Waals surface area contributed by atoms with E-state index in [0.717, 1.165) is 9.87 Å². The first-order valence-electron chi connectivity index (χ1n) is 7.22. The molecule has 6 nitrogen and oxygen atoms in total. The number of sulfonamides is 1. The van der Waals surface area contributed by atoms with Crippen LogP contribution in [-0.2, 0) is 10.0 Å². The fourth-order valence-electron chi connectivity index (χ4n) is 2.26. The number of hydrogen-bond acceptors (Lipinski definition) is 4. The maximum absolute atomic E-state index is 13.0. The van der Waals surface area contributed by atoms with E-state index < -0.39 is 14.9 Å². The Balaban J connectivity index is 2.61. The summed E-state index contributed by atoms with van der Waals surface area (Å²) in [5.41, 5.74) is 1.67. The van der Waals surface area contributed by atoms with Crippen molar-refractivity contribution in [2.45, 2.75) is 18.7 Å². The van der Waals surface area contributed by atoms with E-state index >= 15 is 0 Å². The largest absolute Gasteiger partial charge is 0.271 e. The highest BCUT2D eigenvalue weighted by Gasteiger charge is 2.26. The van der Waals surface area contributed by atoms with Gasteiger partial charge in [0.25, 0.3) is 15.7 Å². The zero-order valence-electron chi connectivity index (χ0n) is 13.5. The first-order valence-corrected chi connectivity index (χ1v) is 8.66. The molecule has 0 radical (unpaired) electrons. The van der Waals surface area contributed by atoms with Crippen molar-refractivity contribution >= 4 is 21.4 Å². The van der Waals surface area contributed by atoms with Crippen LogP contribution in [0.25, 0.3) is 0 Å². The van der Waals surface area contributed by atoms with Gasteiger partial charge in [-0.15, -0.1) is 6.58 Å². The third-order valence-electron chi connectivity index (χ3n) is 3.58. The van der Waals surface area contributed by atoms with E-state index in [4.69, 9.17) is 0 Å². The molecule has 0 bridgehead atoms. The highest BCUT2D eigenvalue weighted by Crippen LogP contribution is 2.30. The van der Waals surface area contributed by atoms with E-state index in [1.54, 1.807) is 19.1 Å². The van der Waals surface area contributed by atoms with E-state index in [1.165, 1.54) is 36.4 Å². The van der Waals surface area contributed by atoms with Crippen LogP contribution in [0.5, 0.6) is 0 Å². The Kier molecular flexibility index (Phi) is 5.04. The average Bonchev–Trinajstić information content (AvgIpc) is 2.53. The smallest absolute Gasteiger partial charge is 0.262 e. The van der Waals surface area contributed by atoms with Crippen molar-refractivity contribution in [3.05, 3.63) is 76.4 Å². The monoisotopic (exact) mass is 346 g/mol. The number of anilines is 1. The minimum Gasteiger partial charge on any atom is -0.262 e. The minimum atomic E-state index is -3.86. The summed E-state index contributed by atoms with van der Waals surface area (Å²) >= 11 is 0. The number of benzene rings is 2. The number of hydrogen-bond donors (Lipinski definition) is 0. The van der Waals surface area contributed by atoms with Gasteiger partial charge in [-0.3, -0.25) is 14.4 Å². The number of rotatable bonds is 6. The number of nitrogens with zero attached hydrogens (tertiary/aromatic N) is 2. The lowest BCUT2D eigenvalue weighted by Crippen LogP contribution is -2.31. The first-order chi connectivity index (χ1) is 11.3. The second-order valence-corrected chi connectivity index (χ2v) is 7.23. The van der Waals surface area contributed by atoms with Gasteiger partial charge in [-0.1, -0.05) is 29.8 Å². The second kappa shape index (κ2) is 6.84. The van der Waals surface area contributed by atoms with E-state index in [9.17, 15) is 18.5 Å². The van der Waals surface area contributed by atoms with Crippen LogP contribution in [0.1, 0.15) is 11.1 Å². The Morgan fingerprint density at radius 1 is 1.17 bits per heavy atom. The molecule has 0 saturated carbocycles. The Morgan fingerprint density at radius 2 is 1.79 bits per heavy atom. The lowest BCUT2D eigenvalue weighted by atomic mass is 10.2. The molecule has 0 fully saturated rings. The molecule has 0 N–H and O–H groups in total. The molecule has 2 rings (SSSR count). The fraction of sp³-hybridized carbons (Fsp3) is 0.176. The van der Waals surface area contributed by atoms with Crippen molar-refractivity contribution in [2.24, 2.45) is 0 Å². The molecular formula is C17H18N2O4S. The van der Waals surface area contributed by atoms with Gasteiger partial charge in [-0.25, -0.2) is 8.42 Å². The number of non-ortho nitro benzene ring substituents is 1. The van der Waals surface area contributed by atoms with Gasteiger partial charge < -0.3 is 0 Å². The van der Waals surface area contributed by atoms with Crippen molar-refractivity contribution < 1.29 is 13.3 Å². The molecule has 2 aromatic carbocycles. The van der Waals surface area contributed by atoms with Crippen molar-refractivity contribution in [1.82, 2.24) is 0 Å². The van der Waals surface area contributed by atoms with Crippen LogP contribution >= 0.6 is 0 Å². The maximum atomic E-state index is 13.0. The number of nitro groups is 1. The van der Waals surface area contributed by atoms with Crippen LogP contribution < -0.4 is 4.31 Å². The quantitative estimate of drug-likeness (QED) is 0.455. The Bertz CT molecular complexity index is 874. The third-order valence-corrected chi connectivity index (χ3v) is 5.37. The summed E-state index contributed by atoms with van der Waals surface area (Å²) in [7, 11) is -3.86. The highest BCUT2D eigenvalue weighted by atomic mass is 32.2. The molecule has 24 heavy (non-hydrogen) atoms. The summed E-state index contributed by atoms with van der Waals surface area (Å²) < 4.78 is 27.1. The Hall–Kier alpha value is -2.67. The molecule has 126 valence electrons. The predicted molar refractivity (Wildman–Crippen MR) is 93.7 cm³/mol. The molecule has 0 atom stereocenters. The summed E-state index contributed by atoms with van der Waals surface area (Å²) in [6, 6.07) is 10.6. The predicted octanol–water partition coefficient (Wildman–Crippen LogP) is 3.59. The van der Waals surface area contributed by atoms with E-state index in [2.05, 4.69) is 6.58 Å². The molecule has 0 unspecified atom stereocenters. The average molecular weight is 346 g/mol. The first kappa shape index (κ1) is 17.7. The zero-order chi connectivity index (χ0) is 17.9. The van der Waals surface area contributed by atoms with Gasteiger partial charge in [0.15, 0.2) is 0 Å². The molecule has 0 aliphatic carbocycles. The van der Waals surface area contributed by atoms with Crippen LogP contribution in [0.3, 0.4) is 0 Å². The maximum Gasteiger partial charge on any atom is 0.271 e. The molecule has 0 aliphatic rings. The van der Waals surface area contributed by atoms with Crippen molar-refractivity contribution in [2.75, 3.05) is 10.8 Å². The van der Waals surface area contributed by atoms with Gasteiger partial charge in [0, 0.05) is 12.1 Å². The van der Waals surface area contributed by atoms with Crippen LogP contribution in [0, 0.1) is 24.0 Å². The van der Waals surface area contributed by atoms with Gasteiger partial charge in [0.1, 0.15) is 0 Å². The number of aryl methyl sites for hydroxylation is 2. The fourth-order valence-corrected chi connectivity index (χ4v) is 3.75. The molecule has 7 heteroatoms. The lowest BCUT2D eigenvalue weighted by Gasteiger charge is -2.24. The molecule has 0 spiro atoms. The zero-order valence-corrected chi connectivity index (χ0v) is 14.3. The topological polar surface area (TPSA) is 80.5 Å². The third kappa shape index (κ3) is 3.46. The summed E-state index contributed by atoms with van der Waals surface area (Å²) in [5, 5.41) is 11.0. The molecule has 0 heterocycles. The molecule has 0 amide bonds. The molecule has 0 saturated heterocycles. The summed E-state index contributed by atoms with van der Waals surface area (Å²) in [4.78, 5) is 10.6. The van der Waals surface area contributed by atoms with Crippen molar-refractivity contribution in [3.8, 4) is 0 Å². The van der Waals surface area contributed by atoms with Gasteiger partial charge in [0.05, 0.1) is 22.1 Å². The molecule has 0 aromatic heterocycles. The van der Waals surface area contributed by atoms with Gasteiger partial charge in [-0.05, 0) is 31.5 Å². The minimum absolute atomic E-state index is 0.0121. The van der Waals surface area contributed by atoms with Gasteiger partial charge in [0.2, 0.25) is 0 Å². The van der Waals surface area contributed by atoms with Crippen LogP contribution in [0.4, 0.5) is 11.4 Å². The lowest BCUT2D eigenvalue weighted by molar-refractivity contribution is -0.384. The van der Waals surface area contributed by atoms with Crippen LogP contribution in [0.2, 0.25) is 0 Å². The summed E-state index contributed by atoms with van der Waals surface area (Å²) in [5.74, 6) is 0. The number of nitro benzene ring substituents is 1. The molecule has 2 aromatic rings. The highest BCUT2D eigenvalue weighted by molar-refractivity contribution is 7.92. The van der Waals surface area contributed by atoms with Crippen molar-refractivity contribution in [1.29, 1.82) is 0 Å². The molecule has 0 aliphatic heterocycles. The van der Waals surface area contributed by atoms with E-state index in [-0.39, 0.29) is 22.8 Å². The van der Waals surface area contributed by atoms with Crippen molar-refractivity contribution in [3.63, 3.8) is 0 Å². The Labute approximate surface area is 141 Å². The van der Waals surface area contributed by atoms with Gasteiger partial charge >= 0.3 is 0 Å². The molecular weight excluding hydrogens is 328 g/mol. The normalized spacial score (nSPS) is 11.1. The summed E-state index contributed by atoms with van der Waals surface area (Å²) in [6.07, 6.45) is 1.45. The van der Waals surface area contributed by atoms with E-state index in [1.807, 2.05) is 6.92 Å². The van der Waals surface area contributed by atoms with Crippen LogP contribution in [-0.4, -0.2) is 19.9 Å². The van der Waals surface area contributed by atoms with Crippen LogP contribution in [0.15, 0.2) is 60.0 Å². The second-order valence-electron chi connectivity index (χ2n) is 5.37. The Morgan fingerprint density at radius 3 is 2.33 bits per heavy atom. The van der Waals surface area contributed by atoms with Gasteiger partial charge in [-0.2, -0.15) is 0 Å². The van der Waals surface area contributed by atoms with E-state index in [0.29, 0.717) is 5.56 Å².